The zero-order valence-corrected chi connectivity index (χ0v) is 13.5. The van der Waals surface area contributed by atoms with Crippen molar-refractivity contribution >= 4 is 16.5 Å². The van der Waals surface area contributed by atoms with Gasteiger partial charge in [-0.25, -0.2) is 4.98 Å². The first kappa shape index (κ1) is 14.8. The molecule has 2 rings (SSSR count). The summed E-state index contributed by atoms with van der Waals surface area (Å²) in [6.45, 7) is 7.74. The van der Waals surface area contributed by atoms with Gasteiger partial charge in [0.1, 0.15) is 0 Å². The molecule has 1 unspecified atom stereocenters. The Bertz CT molecular complexity index is 398. The van der Waals surface area contributed by atoms with Gasteiger partial charge in [0, 0.05) is 30.6 Å². The Morgan fingerprint density at radius 2 is 2.16 bits per heavy atom. The van der Waals surface area contributed by atoms with Crippen molar-refractivity contribution in [2.24, 2.45) is 0 Å². The van der Waals surface area contributed by atoms with Crippen molar-refractivity contribution in [3.05, 3.63) is 10.6 Å². The average Bonchev–Trinajstić information content (AvgIpc) is 3.16. The molecule has 1 aromatic rings. The van der Waals surface area contributed by atoms with Crippen molar-refractivity contribution in [1.29, 1.82) is 0 Å². The summed E-state index contributed by atoms with van der Waals surface area (Å²) in [7, 11) is 2.17. The fraction of sp³-hybridized carbons (Fsp3) is 0.800. The van der Waals surface area contributed by atoms with E-state index < -0.39 is 0 Å². The molecular formula is C15H27N3S. The summed E-state index contributed by atoms with van der Waals surface area (Å²) in [6, 6.07) is 1.33. The number of nitrogens with one attached hydrogen (secondary N) is 1. The number of anilines is 1. The highest BCUT2D eigenvalue weighted by atomic mass is 32.1. The standard InChI is InChI=1S/C15H27N3S/c1-5-7-13-14(10-16-12-8-9-12)19-15(17-13)18(4)11(3)6-2/h11-12,16H,5-10H2,1-4H3. The third kappa shape index (κ3) is 3.93. The van der Waals surface area contributed by atoms with Gasteiger partial charge in [0.25, 0.3) is 0 Å². The summed E-state index contributed by atoms with van der Waals surface area (Å²) in [5, 5.41) is 4.80. The Hall–Kier alpha value is -0.610. The normalized spacial score (nSPS) is 16.6. The number of aromatic nitrogens is 1. The Morgan fingerprint density at radius 1 is 1.42 bits per heavy atom. The first-order valence-electron chi connectivity index (χ1n) is 7.60. The lowest BCUT2D eigenvalue weighted by Gasteiger charge is -2.22. The second kappa shape index (κ2) is 6.71. The topological polar surface area (TPSA) is 28.2 Å². The molecule has 1 fully saturated rings. The van der Waals surface area contributed by atoms with Gasteiger partial charge in [-0.1, -0.05) is 20.3 Å². The van der Waals surface area contributed by atoms with Gasteiger partial charge in [0.15, 0.2) is 5.13 Å². The molecule has 1 aliphatic carbocycles. The molecule has 108 valence electrons. The SMILES string of the molecule is CCCc1nc(N(C)C(C)CC)sc1CNC1CC1. The molecule has 1 atom stereocenters. The summed E-state index contributed by atoms with van der Waals surface area (Å²) >= 11 is 1.87. The molecule has 1 N–H and O–H groups in total. The van der Waals surface area contributed by atoms with Gasteiger partial charge in [-0.05, 0) is 32.6 Å². The van der Waals surface area contributed by atoms with E-state index >= 15 is 0 Å². The summed E-state index contributed by atoms with van der Waals surface area (Å²) in [5.74, 6) is 0. The third-order valence-corrected chi connectivity index (χ3v) is 5.12. The number of aryl methyl sites for hydroxylation is 1. The van der Waals surface area contributed by atoms with Crippen LogP contribution < -0.4 is 10.2 Å². The molecule has 0 aromatic carbocycles. The third-order valence-electron chi connectivity index (χ3n) is 3.94. The molecule has 0 bridgehead atoms. The van der Waals surface area contributed by atoms with Crippen LogP contribution in [0.15, 0.2) is 0 Å². The zero-order chi connectivity index (χ0) is 13.8. The van der Waals surface area contributed by atoms with E-state index in [1.54, 1.807) is 0 Å². The number of thiazole rings is 1. The van der Waals surface area contributed by atoms with E-state index in [0.717, 1.165) is 25.4 Å². The minimum atomic E-state index is 0.560. The highest BCUT2D eigenvalue weighted by Gasteiger charge is 2.22. The van der Waals surface area contributed by atoms with Gasteiger partial charge in [0.2, 0.25) is 0 Å². The van der Waals surface area contributed by atoms with E-state index in [0.29, 0.717) is 6.04 Å². The number of rotatable bonds is 8. The lowest BCUT2D eigenvalue weighted by Crippen LogP contribution is -2.27. The van der Waals surface area contributed by atoms with Crippen LogP contribution in [0.1, 0.15) is 57.0 Å². The molecule has 0 spiro atoms. The molecule has 3 nitrogen and oxygen atoms in total. The molecule has 0 saturated heterocycles. The van der Waals surface area contributed by atoms with Crippen LogP contribution in [0.2, 0.25) is 0 Å². The molecule has 1 heterocycles. The minimum Gasteiger partial charge on any atom is -0.348 e. The predicted octanol–water partition coefficient (Wildman–Crippen LogP) is 3.58. The van der Waals surface area contributed by atoms with Crippen LogP contribution in [0.25, 0.3) is 0 Å². The Morgan fingerprint density at radius 3 is 2.74 bits per heavy atom. The fourth-order valence-corrected chi connectivity index (χ4v) is 3.20. The summed E-state index contributed by atoms with van der Waals surface area (Å²) in [5.41, 5.74) is 1.31. The van der Waals surface area contributed by atoms with E-state index in [9.17, 15) is 0 Å². The van der Waals surface area contributed by atoms with Crippen LogP contribution in [0.4, 0.5) is 5.13 Å². The summed E-state index contributed by atoms with van der Waals surface area (Å²) in [4.78, 5) is 8.64. The smallest absolute Gasteiger partial charge is 0.185 e. The van der Waals surface area contributed by atoms with Crippen molar-refractivity contribution in [1.82, 2.24) is 10.3 Å². The second-order valence-corrected chi connectivity index (χ2v) is 6.70. The van der Waals surface area contributed by atoms with Crippen LogP contribution in [0, 0.1) is 0 Å². The van der Waals surface area contributed by atoms with Crippen LogP contribution in [0.5, 0.6) is 0 Å². The lowest BCUT2D eigenvalue weighted by molar-refractivity contribution is 0.660. The van der Waals surface area contributed by atoms with E-state index in [-0.39, 0.29) is 0 Å². The van der Waals surface area contributed by atoms with Gasteiger partial charge >= 0.3 is 0 Å². The van der Waals surface area contributed by atoms with Crippen LogP contribution in [0.3, 0.4) is 0 Å². The highest BCUT2D eigenvalue weighted by molar-refractivity contribution is 7.15. The minimum absolute atomic E-state index is 0.560. The predicted molar refractivity (Wildman–Crippen MR) is 84.1 cm³/mol. The van der Waals surface area contributed by atoms with Gasteiger partial charge < -0.3 is 10.2 Å². The van der Waals surface area contributed by atoms with Crippen molar-refractivity contribution in [2.45, 2.75) is 71.5 Å². The van der Waals surface area contributed by atoms with Crippen molar-refractivity contribution in [2.75, 3.05) is 11.9 Å². The van der Waals surface area contributed by atoms with Crippen LogP contribution >= 0.6 is 11.3 Å². The second-order valence-electron chi connectivity index (χ2n) is 5.64. The van der Waals surface area contributed by atoms with E-state index in [4.69, 9.17) is 4.98 Å². The summed E-state index contributed by atoms with van der Waals surface area (Å²) in [6.07, 6.45) is 6.14. The largest absolute Gasteiger partial charge is 0.348 e. The number of hydrogen-bond donors (Lipinski definition) is 1. The number of nitrogens with zero attached hydrogens (tertiary/aromatic N) is 2. The molecule has 4 heteroatoms. The maximum atomic E-state index is 4.87. The average molecular weight is 281 g/mol. The lowest BCUT2D eigenvalue weighted by atomic mass is 10.2. The van der Waals surface area contributed by atoms with Gasteiger partial charge in [-0.2, -0.15) is 0 Å². The van der Waals surface area contributed by atoms with Crippen molar-refractivity contribution in [3.8, 4) is 0 Å². The fourth-order valence-electron chi connectivity index (χ4n) is 2.08. The number of hydrogen-bond acceptors (Lipinski definition) is 4. The van der Waals surface area contributed by atoms with E-state index in [2.05, 4.69) is 38.0 Å². The van der Waals surface area contributed by atoms with Crippen molar-refractivity contribution < 1.29 is 0 Å². The molecule has 0 radical (unpaired) electrons. The molecule has 1 aromatic heterocycles. The quantitative estimate of drug-likeness (QED) is 0.789. The highest BCUT2D eigenvalue weighted by Crippen LogP contribution is 2.29. The molecule has 0 aliphatic heterocycles. The maximum absolute atomic E-state index is 4.87. The summed E-state index contributed by atoms with van der Waals surface area (Å²) < 4.78 is 0. The van der Waals surface area contributed by atoms with Crippen LogP contribution in [-0.4, -0.2) is 24.1 Å². The molecule has 0 amide bonds. The van der Waals surface area contributed by atoms with Gasteiger partial charge in [-0.3, -0.25) is 0 Å². The zero-order valence-electron chi connectivity index (χ0n) is 12.7. The Balaban J connectivity index is 2.08. The molecular weight excluding hydrogens is 254 g/mol. The monoisotopic (exact) mass is 281 g/mol. The molecule has 1 aliphatic rings. The Labute approximate surface area is 121 Å². The van der Waals surface area contributed by atoms with Gasteiger partial charge in [-0.15, -0.1) is 11.3 Å². The first-order chi connectivity index (χ1) is 9.15. The first-order valence-corrected chi connectivity index (χ1v) is 8.42. The maximum Gasteiger partial charge on any atom is 0.185 e. The van der Waals surface area contributed by atoms with Crippen LogP contribution in [-0.2, 0) is 13.0 Å². The van der Waals surface area contributed by atoms with E-state index in [1.807, 2.05) is 11.3 Å². The molecule has 1 saturated carbocycles. The van der Waals surface area contributed by atoms with Crippen molar-refractivity contribution in [3.63, 3.8) is 0 Å². The Kier molecular flexibility index (Phi) is 5.22. The van der Waals surface area contributed by atoms with E-state index in [1.165, 1.54) is 35.0 Å². The molecule has 19 heavy (non-hydrogen) atoms. The van der Waals surface area contributed by atoms with Gasteiger partial charge in [0.05, 0.1) is 5.69 Å².